The van der Waals surface area contributed by atoms with Crippen molar-refractivity contribution >= 4 is 27.5 Å². The Morgan fingerprint density at radius 2 is 1.76 bits per heavy atom. The third-order valence-corrected chi connectivity index (χ3v) is 6.70. The first kappa shape index (κ1) is 22.9. The molecule has 0 radical (unpaired) electrons. The van der Waals surface area contributed by atoms with E-state index in [1.54, 1.807) is 18.2 Å². The number of carbonyl (C=O) groups is 2. The number of sulfonamides is 1. The molecule has 1 N–H and O–H groups in total. The topological polar surface area (TPSA) is 105 Å². The van der Waals surface area contributed by atoms with E-state index in [1.165, 1.54) is 0 Å². The molecule has 0 spiro atoms. The van der Waals surface area contributed by atoms with Gasteiger partial charge in [0, 0.05) is 32.1 Å². The van der Waals surface area contributed by atoms with Gasteiger partial charge in [-0.05, 0) is 29.7 Å². The third-order valence-electron chi connectivity index (χ3n) is 5.56. The zero-order chi connectivity index (χ0) is 23.4. The van der Waals surface area contributed by atoms with E-state index in [-0.39, 0.29) is 19.0 Å². The highest BCUT2D eigenvalue weighted by atomic mass is 32.2. The number of hydrogen-bond acceptors (Lipinski definition) is 6. The van der Waals surface area contributed by atoms with E-state index in [4.69, 9.17) is 9.47 Å². The second-order valence-corrected chi connectivity index (χ2v) is 10.0. The Morgan fingerprint density at radius 3 is 2.42 bits per heavy atom. The molecule has 0 aliphatic carbocycles. The number of ether oxygens (including phenoxy) is 2. The number of likely N-dealkylation sites (tertiary alicyclic amines) is 1. The highest BCUT2D eigenvalue weighted by Crippen LogP contribution is 2.34. The van der Waals surface area contributed by atoms with Crippen molar-refractivity contribution in [1.29, 1.82) is 0 Å². The second kappa shape index (κ2) is 9.70. The van der Waals surface area contributed by atoms with Gasteiger partial charge in [0.1, 0.15) is 19.8 Å². The average Bonchev–Trinajstić information content (AvgIpc) is 3.20. The fourth-order valence-electron chi connectivity index (χ4n) is 3.83. The molecular formula is C23H27N3O6S. The normalized spacial score (nSPS) is 15.4. The van der Waals surface area contributed by atoms with Crippen molar-refractivity contribution in [3.05, 3.63) is 53.6 Å². The summed E-state index contributed by atoms with van der Waals surface area (Å²) in [6.45, 7) is 2.10. The second-order valence-electron chi connectivity index (χ2n) is 8.11. The van der Waals surface area contributed by atoms with Gasteiger partial charge >= 0.3 is 0 Å². The molecule has 0 saturated carbocycles. The Labute approximate surface area is 193 Å². The van der Waals surface area contributed by atoms with Gasteiger partial charge in [0.25, 0.3) is 0 Å². The van der Waals surface area contributed by atoms with Crippen molar-refractivity contribution in [3.8, 4) is 11.5 Å². The highest BCUT2D eigenvalue weighted by molar-refractivity contribution is 7.92. The van der Waals surface area contributed by atoms with Crippen LogP contribution in [0.4, 0.5) is 5.69 Å². The molecule has 176 valence electrons. The number of carbonyl (C=O) groups excluding carboxylic acids is 2. The van der Waals surface area contributed by atoms with Crippen LogP contribution in [0.25, 0.3) is 0 Å². The molecule has 0 aromatic heterocycles. The van der Waals surface area contributed by atoms with Crippen molar-refractivity contribution in [1.82, 2.24) is 10.2 Å². The monoisotopic (exact) mass is 473 g/mol. The van der Waals surface area contributed by atoms with E-state index in [9.17, 15) is 18.0 Å². The predicted molar refractivity (Wildman–Crippen MR) is 123 cm³/mol. The third kappa shape index (κ3) is 5.75. The van der Waals surface area contributed by atoms with Gasteiger partial charge < -0.3 is 19.7 Å². The fraction of sp³-hybridized carbons (Fsp3) is 0.391. The molecule has 10 heteroatoms. The van der Waals surface area contributed by atoms with Crippen molar-refractivity contribution in [2.75, 3.05) is 36.9 Å². The maximum atomic E-state index is 12.6. The van der Waals surface area contributed by atoms with Crippen molar-refractivity contribution < 1.29 is 27.5 Å². The average molecular weight is 474 g/mol. The molecule has 33 heavy (non-hydrogen) atoms. The first-order valence-corrected chi connectivity index (χ1v) is 12.6. The number of rotatable bonds is 8. The van der Waals surface area contributed by atoms with Crippen molar-refractivity contribution in [2.45, 2.75) is 25.9 Å². The van der Waals surface area contributed by atoms with E-state index in [1.807, 2.05) is 29.2 Å². The highest BCUT2D eigenvalue weighted by Gasteiger charge is 2.23. The van der Waals surface area contributed by atoms with E-state index in [0.717, 1.165) is 34.7 Å². The minimum absolute atomic E-state index is 0.180. The molecule has 2 aliphatic heterocycles. The number of fused-ring (bicyclic) bond motifs is 1. The van der Waals surface area contributed by atoms with E-state index in [2.05, 4.69) is 5.32 Å². The Balaban J connectivity index is 1.36. The summed E-state index contributed by atoms with van der Waals surface area (Å²) >= 11 is 0. The largest absolute Gasteiger partial charge is 0.486 e. The Hall–Kier alpha value is -3.27. The number of nitrogens with zero attached hydrogens (tertiary/aromatic N) is 2. The van der Waals surface area contributed by atoms with Crippen LogP contribution in [0.5, 0.6) is 11.5 Å². The van der Waals surface area contributed by atoms with Crippen LogP contribution < -0.4 is 19.1 Å². The molecule has 0 unspecified atom stereocenters. The van der Waals surface area contributed by atoms with Gasteiger partial charge in [0.15, 0.2) is 11.5 Å². The Morgan fingerprint density at radius 1 is 1.06 bits per heavy atom. The molecule has 0 atom stereocenters. The molecule has 2 aromatic carbocycles. The molecule has 4 rings (SSSR count). The number of nitrogens with one attached hydrogen (secondary N) is 1. The first-order chi connectivity index (χ1) is 15.8. The van der Waals surface area contributed by atoms with Crippen LogP contribution in [0, 0.1) is 0 Å². The lowest BCUT2D eigenvalue weighted by Crippen LogP contribution is -2.40. The zero-order valence-electron chi connectivity index (χ0n) is 18.5. The van der Waals surface area contributed by atoms with E-state index in [0.29, 0.717) is 43.4 Å². The maximum absolute atomic E-state index is 12.6. The Bertz CT molecular complexity index is 1130. The van der Waals surface area contributed by atoms with Crippen molar-refractivity contribution in [2.24, 2.45) is 0 Å². The van der Waals surface area contributed by atoms with Crippen LogP contribution in [0.3, 0.4) is 0 Å². The van der Waals surface area contributed by atoms with Crippen molar-refractivity contribution in [3.63, 3.8) is 0 Å². The van der Waals surface area contributed by atoms with Crippen LogP contribution in [0.15, 0.2) is 42.5 Å². The van der Waals surface area contributed by atoms with Gasteiger partial charge in [-0.2, -0.15) is 0 Å². The quantitative estimate of drug-likeness (QED) is 0.625. The summed E-state index contributed by atoms with van der Waals surface area (Å²) in [6.07, 6.45) is 2.57. The fourth-order valence-corrected chi connectivity index (χ4v) is 4.68. The van der Waals surface area contributed by atoms with Gasteiger partial charge in [-0.1, -0.05) is 24.3 Å². The minimum atomic E-state index is -3.70. The summed E-state index contributed by atoms with van der Waals surface area (Å²) in [5.41, 5.74) is 2.24. The summed E-state index contributed by atoms with van der Waals surface area (Å²) < 4.78 is 36.8. The van der Waals surface area contributed by atoms with Gasteiger partial charge in [-0.15, -0.1) is 0 Å². The molecule has 2 aliphatic rings. The van der Waals surface area contributed by atoms with Crippen LogP contribution in [0.2, 0.25) is 0 Å². The lowest BCUT2D eigenvalue weighted by atomic mass is 10.1. The summed E-state index contributed by atoms with van der Waals surface area (Å²) in [6, 6.07) is 12.4. The summed E-state index contributed by atoms with van der Waals surface area (Å²) in [4.78, 5) is 26.2. The maximum Gasteiger partial charge on any atom is 0.241 e. The Kier molecular flexibility index (Phi) is 6.73. The number of anilines is 1. The molecule has 9 nitrogen and oxygen atoms in total. The summed E-state index contributed by atoms with van der Waals surface area (Å²) in [5.74, 6) is 0.741. The van der Waals surface area contributed by atoms with Gasteiger partial charge in [0.2, 0.25) is 21.8 Å². The molecular weight excluding hydrogens is 446 g/mol. The molecule has 1 fully saturated rings. The molecule has 0 bridgehead atoms. The van der Waals surface area contributed by atoms with Gasteiger partial charge in [-0.25, -0.2) is 8.42 Å². The molecule has 2 aromatic rings. The standard InChI is InChI=1S/C23H27N3O6S/c1-33(29,30)26(19-8-9-20-21(13-19)32-12-11-31-20)16-22(27)24-14-17-4-6-18(7-5-17)15-25-10-2-3-23(25)28/h4-9,13H,2-3,10-12,14-16H2,1H3,(H,24,27). The van der Waals surface area contributed by atoms with Gasteiger partial charge in [-0.3, -0.25) is 13.9 Å². The van der Waals surface area contributed by atoms with E-state index >= 15 is 0 Å². The lowest BCUT2D eigenvalue weighted by molar-refractivity contribution is -0.128. The predicted octanol–water partition coefficient (Wildman–Crippen LogP) is 1.66. The van der Waals surface area contributed by atoms with Crippen LogP contribution in [-0.2, 0) is 32.7 Å². The van der Waals surface area contributed by atoms with Crippen LogP contribution in [0.1, 0.15) is 24.0 Å². The summed E-state index contributed by atoms with van der Waals surface area (Å²) in [5, 5.41) is 2.77. The van der Waals surface area contributed by atoms with Crippen LogP contribution >= 0.6 is 0 Å². The SMILES string of the molecule is CS(=O)(=O)N(CC(=O)NCc1ccc(CN2CCCC2=O)cc1)c1ccc2c(c1)OCCO2. The smallest absolute Gasteiger partial charge is 0.241 e. The molecule has 2 heterocycles. The zero-order valence-corrected chi connectivity index (χ0v) is 19.3. The molecule has 2 amide bonds. The lowest BCUT2D eigenvalue weighted by Gasteiger charge is -2.24. The first-order valence-electron chi connectivity index (χ1n) is 10.8. The number of benzene rings is 2. The number of amides is 2. The van der Waals surface area contributed by atoms with Crippen LogP contribution in [-0.4, -0.2) is 57.7 Å². The number of hydrogen-bond donors (Lipinski definition) is 1. The molecule has 1 saturated heterocycles. The van der Waals surface area contributed by atoms with Gasteiger partial charge in [0.05, 0.1) is 11.9 Å². The van der Waals surface area contributed by atoms with E-state index < -0.39 is 15.9 Å². The summed E-state index contributed by atoms with van der Waals surface area (Å²) in [7, 11) is -3.70. The minimum Gasteiger partial charge on any atom is -0.486 e.